The van der Waals surface area contributed by atoms with E-state index in [9.17, 15) is 0 Å². The Morgan fingerprint density at radius 1 is 1.26 bits per heavy atom. The fraction of sp³-hybridized carbons (Fsp3) is 0.143. The van der Waals surface area contributed by atoms with Gasteiger partial charge in [0.05, 0.1) is 28.0 Å². The molecule has 0 aliphatic rings. The van der Waals surface area contributed by atoms with Gasteiger partial charge in [-0.15, -0.1) is 11.3 Å². The number of hydrogen-bond donors (Lipinski definition) is 1. The molecule has 0 spiro atoms. The van der Waals surface area contributed by atoms with Gasteiger partial charge in [-0.2, -0.15) is 0 Å². The van der Waals surface area contributed by atoms with E-state index < -0.39 is 0 Å². The van der Waals surface area contributed by atoms with Crippen molar-refractivity contribution in [1.29, 1.82) is 0 Å². The number of aryl methyl sites for hydroxylation is 1. The minimum Gasteiger partial charge on any atom is -0.492 e. The summed E-state index contributed by atoms with van der Waals surface area (Å²) in [7, 11) is 1.60. The predicted molar refractivity (Wildman–Crippen MR) is 78.6 cm³/mol. The molecule has 0 aliphatic carbocycles. The maximum Gasteiger partial charge on any atom is 0.167 e. The van der Waals surface area contributed by atoms with Crippen LogP contribution in [-0.4, -0.2) is 17.1 Å². The number of nitrogens with zero attached hydrogens (tertiary/aromatic N) is 2. The predicted octanol–water partition coefficient (Wildman–Crippen LogP) is 3.26. The van der Waals surface area contributed by atoms with Crippen LogP contribution in [0.25, 0.3) is 21.5 Å². The molecule has 2 N–H and O–H groups in total. The monoisotopic (exact) mass is 271 g/mol. The number of hydrogen-bond acceptors (Lipinski definition) is 5. The van der Waals surface area contributed by atoms with Gasteiger partial charge in [0.1, 0.15) is 5.69 Å². The van der Waals surface area contributed by atoms with Crippen LogP contribution in [0.5, 0.6) is 5.75 Å². The van der Waals surface area contributed by atoms with Gasteiger partial charge in [-0.3, -0.25) is 4.98 Å². The van der Waals surface area contributed by atoms with E-state index in [1.165, 1.54) is 4.70 Å². The first kappa shape index (κ1) is 11.9. The van der Waals surface area contributed by atoms with E-state index in [1.807, 2.05) is 19.1 Å². The number of methoxy groups -OCH3 is 1. The summed E-state index contributed by atoms with van der Waals surface area (Å²) in [4.78, 5) is 8.86. The van der Waals surface area contributed by atoms with Gasteiger partial charge < -0.3 is 10.5 Å². The summed E-state index contributed by atoms with van der Waals surface area (Å²) >= 11 is 1.68. The second-order valence-corrected chi connectivity index (χ2v) is 5.43. The first-order valence-electron chi connectivity index (χ1n) is 5.85. The topological polar surface area (TPSA) is 61.0 Å². The van der Waals surface area contributed by atoms with Crippen LogP contribution in [0.2, 0.25) is 0 Å². The molecule has 3 rings (SSSR count). The lowest BCUT2D eigenvalue weighted by atomic mass is 10.1. The molecular weight excluding hydrogens is 258 g/mol. The number of nitrogens with two attached hydrogens (primary N) is 1. The van der Waals surface area contributed by atoms with Crippen LogP contribution in [-0.2, 0) is 0 Å². The Morgan fingerprint density at radius 2 is 2.11 bits per heavy atom. The van der Waals surface area contributed by atoms with E-state index in [2.05, 4.69) is 16.0 Å². The lowest BCUT2D eigenvalue weighted by Crippen LogP contribution is -1.96. The average molecular weight is 271 g/mol. The molecule has 4 nitrogen and oxygen atoms in total. The van der Waals surface area contributed by atoms with Crippen molar-refractivity contribution in [3.8, 4) is 17.0 Å². The molecule has 19 heavy (non-hydrogen) atoms. The molecule has 5 heteroatoms. The average Bonchev–Trinajstić information content (AvgIpc) is 2.77. The summed E-state index contributed by atoms with van der Waals surface area (Å²) in [5, 5.41) is 1.06. The van der Waals surface area contributed by atoms with Crippen molar-refractivity contribution >= 4 is 27.2 Å². The molecule has 0 saturated carbocycles. The molecular formula is C14H13N3OS. The van der Waals surface area contributed by atoms with Crippen LogP contribution in [0, 0.1) is 6.92 Å². The third kappa shape index (κ3) is 2.02. The second kappa shape index (κ2) is 4.51. The van der Waals surface area contributed by atoms with E-state index >= 15 is 0 Å². The quantitative estimate of drug-likeness (QED) is 0.777. The van der Waals surface area contributed by atoms with Gasteiger partial charge in [0, 0.05) is 11.8 Å². The highest BCUT2D eigenvalue weighted by Crippen LogP contribution is 2.34. The van der Waals surface area contributed by atoms with E-state index in [1.54, 1.807) is 30.7 Å². The van der Waals surface area contributed by atoms with Gasteiger partial charge >= 0.3 is 0 Å². The summed E-state index contributed by atoms with van der Waals surface area (Å²) in [6, 6.07) is 7.82. The van der Waals surface area contributed by atoms with Crippen molar-refractivity contribution in [2.75, 3.05) is 12.8 Å². The number of ether oxygens (including phenoxy) is 1. The van der Waals surface area contributed by atoms with Crippen LogP contribution >= 0.6 is 11.3 Å². The van der Waals surface area contributed by atoms with Gasteiger partial charge in [0.15, 0.2) is 5.75 Å². The van der Waals surface area contributed by atoms with Crippen molar-refractivity contribution in [2.24, 2.45) is 0 Å². The molecule has 0 bridgehead atoms. The van der Waals surface area contributed by atoms with Crippen LogP contribution < -0.4 is 10.5 Å². The number of anilines is 1. The van der Waals surface area contributed by atoms with Crippen LogP contribution in [0.3, 0.4) is 0 Å². The largest absolute Gasteiger partial charge is 0.492 e. The van der Waals surface area contributed by atoms with E-state index in [-0.39, 0.29) is 0 Å². The van der Waals surface area contributed by atoms with Crippen molar-refractivity contribution in [3.05, 3.63) is 35.5 Å². The zero-order valence-corrected chi connectivity index (χ0v) is 11.5. The van der Waals surface area contributed by atoms with Crippen molar-refractivity contribution in [1.82, 2.24) is 9.97 Å². The number of benzene rings is 1. The van der Waals surface area contributed by atoms with Crippen LogP contribution in [0.15, 0.2) is 30.5 Å². The number of pyridine rings is 1. The molecule has 0 radical (unpaired) electrons. The summed E-state index contributed by atoms with van der Waals surface area (Å²) < 4.78 is 6.51. The zero-order valence-electron chi connectivity index (χ0n) is 10.7. The smallest absolute Gasteiger partial charge is 0.167 e. The Morgan fingerprint density at radius 3 is 2.89 bits per heavy atom. The molecule has 2 heterocycles. The van der Waals surface area contributed by atoms with Gasteiger partial charge in [0.25, 0.3) is 0 Å². The van der Waals surface area contributed by atoms with Gasteiger partial charge in [-0.1, -0.05) is 6.07 Å². The maximum atomic E-state index is 5.91. The van der Waals surface area contributed by atoms with Crippen LogP contribution in [0.4, 0.5) is 5.69 Å². The standard InChI is InChI=1S/C14H13N3OS/c1-8-17-11-7-9(3-4-12(11)19-8)13-14(18-2)10(15)5-6-16-13/h3-7H,1-2H3,(H2,15,16). The summed E-state index contributed by atoms with van der Waals surface area (Å²) in [6.07, 6.45) is 1.68. The highest BCUT2D eigenvalue weighted by Gasteiger charge is 2.12. The molecule has 96 valence electrons. The Kier molecular flexibility index (Phi) is 2.83. The number of fused-ring (bicyclic) bond motifs is 1. The minimum absolute atomic E-state index is 0.585. The van der Waals surface area contributed by atoms with E-state index in [4.69, 9.17) is 10.5 Å². The molecule has 1 aromatic carbocycles. The molecule has 0 aliphatic heterocycles. The van der Waals surface area contributed by atoms with Crippen molar-refractivity contribution in [3.63, 3.8) is 0 Å². The van der Waals surface area contributed by atoms with Crippen molar-refractivity contribution in [2.45, 2.75) is 6.92 Å². The fourth-order valence-electron chi connectivity index (χ4n) is 2.07. The Bertz CT molecular complexity index is 752. The first-order chi connectivity index (χ1) is 9.19. The van der Waals surface area contributed by atoms with Crippen LogP contribution in [0.1, 0.15) is 5.01 Å². The molecule has 0 unspecified atom stereocenters. The number of aromatic nitrogens is 2. The second-order valence-electron chi connectivity index (χ2n) is 4.20. The number of thiazole rings is 1. The third-order valence-corrected chi connectivity index (χ3v) is 3.86. The SMILES string of the molecule is COc1c(N)ccnc1-c1ccc2sc(C)nc2c1. The first-order valence-corrected chi connectivity index (χ1v) is 6.66. The lowest BCUT2D eigenvalue weighted by molar-refractivity contribution is 0.417. The summed E-state index contributed by atoms with van der Waals surface area (Å²) in [5.41, 5.74) is 9.18. The molecule has 3 aromatic rings. The normalized spacial score (nSPS) is 10.8. The van der Waals surface area contributed by atoms with E-state index in [0.29, 0.717) is 11.4 Å². The number of nitrogen functional groups attached to an aromatic ring is 1. The Balaban J connectivity index is 2.21. The molecule has 0 fully saturated rings. The van der Waals surface area contributed by atoms with Crippen molar-refractivity contribution < 1.29 is 4.74 Å². The van der Waals surface area contributed by atoms with Gasteiger partial charge in [-0.05, 0) is 25.1 Å². The maximum absolute atomic E-state index is 5.91. The zero-order chi connectivity index (χ0) is 13.4. The Hall–Kier alpha value is -2.14. The summed E-state index contributed by atoms with van der Waals surface area (Å²) in [5.74, 6) is 0.605. The van der Waals surface area contributed by atoms with Gasteiger partial charge in [-0.25, -0.2) is 4.98 Å². The molecule has 0 amide bonds. The molecule has 0 atom stereocenters. The number of rotatable bonds is 2. The Labute approximate surface area is 114 Å². The highest BCUT2D eigenvalue weighted by molar-refractivity contribution is 7.18. The third-order valence-electron chi connectivity index (χ3n) is 2.91. The molecule has 0 saturated heterocycles. The molecule has 2 aromatic heterocycles. The lowest BCUT2D eigenvalue weighted by Gasteiger charge is -2.09. The summed E-state index contributed by atoms with van der Waals surface area (Å²) in [6.45, 7) is 2.00. The van der Waals surface area contributed by atoms with E-state index in [0.717, 1.165) is 21.8 Å². The van der Waals surface area contributed by atoms with Gasteiger partial charge in [0.2, 0.25) is 0 Å². The highest BCUT2D eigenvalue weighted by atomic mass is 32.1. The minimum atomic E-state index is 0.585. The fourth-order valence-corrected chi connectivity index (χ4v) is 2.88.